The van der Waals surface area contributed by atoms with Crippen LogP contribution in [0.4, 0.5) is 11.4 Å². The van der Waals surface area contributed by atoms with Crippen molar-refractivity contribution in [1.29, 1.82) is 0 Å². The van der Waals surface area contributed by atoms with E-state index in [1.54, 1.807) is 12.3 Å². The third kappa shape index (κ3) is 8.65. The number of hydrogen-bond acceptors (Lipinski definition) is 7. The SMILES string of the molecule is CC1(CCCS(=O)(=O)O)c2cc(S(=O)(=O)O)ccc2N(CCCCCC(=O)O)C1/C=C/C=C/Nc1ccccc1. The summed E-state index contributed by atoms with van der Waals surface area (Å²) in [6, 6.07) is 13.7. The summed E-state index contributed by atoms with van der Waals surface area (Å²) in [6.45, 7) is 2.46. The first-order valence-electron chi connectivity index (χ1n) is 13.0. The Bertz CT molecular complexity index is 1440. The Morgan fingerprint density at radius 1 is 1.00 bits per heavy atom. The van der Waals surface area contributed by atoms with Gasteiger partial charge >= 0.3 is 5.97 Å². The molecule has 0 fully saturated rings. The minimum Gasteiger partial charge on any atom is -0.481 e. The Hall–Kier alpha value is -3.19. The van der Waals surface area contributed by atoms with Crippen LogP contribution >= 0.6 is 0 Å². The molecule has 10 nitrogen and oxygen atoms in total. The van der Waals surface area contributed by atoms with E-state index in [-0.39, 0.29) is 23.8 Å². The number of unbranched alkanes of at least 4 members (excludes halogenated alkanes) is 2. The summed E-state index contributed by atoms with van der Waals surface area (Å²) in [5.74, 6) is -1.30. The van der Waals surface area contributed by atoms with Crippen LogP contribution in [0.15, 0.2) is 77.9 Å². The highest BCUT2D eigenvalue weighted by Crippen LogP contribution is 2.49. The Labute approximate surface area is 235 Å². The van der Waals surface area contributed by atoms with E-state index in [2.05, 4.69) is 10.2 Å². The second-order valence-electron chi connectivity index (χ2n) is 10.1. The lowest BCUT2D eigenvalue weighted by atomic mass is 9.74. The van der Waals surface area contributed by atoms with Crippen molar-refractivity contribution < 1.29 is 35.8 Å². The molecule has 2 aromatic carbocycles. The number of benzene rings is 2. The van der Waals surface area contributed by atoms with Gasteiger partial charge < -0.3 is 15.3 Å². The number of nitrogens with zero attached hydrogens (tertiary/aromatic N) is 1. The first-order valence-corrected chi connectivity index (χ1v) is 16.1. The van der Waals surface area contributed by atoms with Gasteiger partial charge in [-0.3, -0.25) is 13.9 Å². The lowest BCUT2D eigenvalue weighted by Crippen LogP contribution is -2.42. The van der Waals surface area contributed by atoms with E-state index in [4.69, 9.17) is 5.11 Å². The molecule has 0 amide bonds. The molecule has 0 radical (unpaired) electrons. The molecular formula is C28H36N2O8S2. The molecule has 0 saturated heterocycles. The standard InChI is InChI=1S/C28H36N2O8S2/c1-28(17-10-20-39(33,34)35)24-21-23(40(36,37)38)15-16-25(24)30(19-9-3-6-14-27(31)32)26(28)13-7-8-18-29-22-11-4-2-5-12-22/h2,4-5,7-8,11-13,15-16,18,21,26,29H,3,6,9-10,14,17,19-20H2,1H3,(H,31,32)(H,33,34,35)(H,36,37,38)/b13-7+,18-8+. The minimum atomic E-state index is -4.48. The number of carboxylic acids is 1. The third-order valence-electron chi connectivity index (χ3n) is 7.09. The van der Waals surface area contributed by atoms with Gasteiger partial charge in [-0.1, -0.05) is 43.7 Å². The van der Waals surface area contributed by atoms with Crippen LogP contribution in [0.3, 0.4) is 0 Å². The van der Waals surface area contributed by atoms with E-state index in [0.29, 0.717) is 37.8 Å². The number of carbonyl (C=O) groups is 1. The summed E-state index contributed by atoms with van der Waals surface area (Å²) in [4.78, 5) is 12.7. The number of fused-ring (bicyclic) bond motifs is 1. The highest BCUT2D eigenvalue weighted by Gasteiger charge is 2.46. The number of aliphatic carboxylic acids is 1. The third-order valence-corrected chi connectivity index (χ3v) is 8.75. The zero-order valence-electron chi connectivity index (χ0n) is 22.3. The average Bonchev–Trinajstić information content (AvgIpc) is 3.10. The first-order chi connectivity index (χ1) is 18.8. The zero-order chi connectivity index (χ0) is 29.4. The van der Waals surface area contributed by atoms with E-state index in [1.165, 1.54) is 12.1 Å². The molecule has 3 rings (SSSR count). The predicted octanol–water partition coefficient (Wildman–Crippen LogP) is 4.87. The molecule has 12 heteroatoms. The van der Waals surface area contributed by atoms with Gasteiger partial charge in [0.2, 0.25) is 0 Å². The van der Waals surface area contributed by atoms with Crippen LogP contribution in [0.5, 0.6) is 0 Å². The molecule has 40 heavy (non-hydrogen) atoms. The van der Waals surface area contributed by atoms with Crippen LogP contribution in [-0.2, 0) is 30.4 Å². The Morgan fingerprint density at radius 3 is 2.38 bits per heavy atom. The number of carboxylic acid groups (broad SMARTS) is 1. The highest BCUT2D eigenvalue weighted by molar-refractivity contribution is 7.86. The molecule has 0 saturated carbocycles. The van der Waals surface area contributed by atoms with E-state index in [1.807, 2.05) is 55.5 Å². The molecule has 2 aromatic rings. The molecule has 0 aromatic heterocycles. The quantitative estimate of drug-likeness (QED) is 0.127. The topological polar surface area (TPSA) is 161 Å². The molecule has 1 heterocycles. The summed E-state index contributed by atoms with van der Waals surface area (Å²) < 4.78 is 65.9. The second-order valence-corrected chi connectivity index (χ2v) is 13.1. The molecule has 0 aliphatic carbocycles. The number of hydrogen-bond donors (Lipinski definition) is 4. The number of nitrogens with one attached hydrogen (secondary N) is 1. The fourth-order valence-corrected chi connectivity index (χ4v) is 6.17. The van der Waals surface area contributed by atoms with Gasteiger partial charge in [-0.2, -0.15) is 16.8 Å². The molecule has 2 atom stereocenters. The smallest absolute Gasteiger partial charge is 0.303 e. The van der Waals surface area contributed by atoms with Crippen LogP contribution in [-0.4, -0.2) is 55.4 Å². The van der Waals surface area contributed by atoms with Crippen molar-refractivity contribution in [2.45, 2.75) is 61.8 Å². The molecule has 1 aliphatic rings. The predicted molar refractivity (Wildman–Crippen MR) is 155 cm³/mol. The normalized spacial score (nSPS) is 19.4. The summed E-state index contributed by atoms with van der Waals surface area (Å²) in [5.41, 5.74) is 1.54. The summed E-state index contributed by atoms with van der Waals surface area (Å²) in [5, 5.41) is 12.1. The highest BCUT2D eigenvalue weighted by atomic mass is 32.2. The van der Waals surface area contributed by atoms with Gasteiger partial charge in [0.1, 0.15) is 0 Å². The van der Waals surface area contributed by atoms with Crippen molar-refractivity contribution in [3.8, 4) is 0 Å². The van der Waals surface area contributed by atoms with Crippen molar-refractivity contribution in [3.05, 3.63) is 78.5 Å². The van der Waals surface area contributed by atoms with Gasteiger partial charge in [-0.05, 0) is 67.7 Å². The zero-order valence-corrected chi connectivity index (χ0v) is 23.9. The Kier molecular flexibility index (Phi) is 10.5. The minimum absolute atomic E-state index is 0.0736. The maximum atomic E-state index is 12.0. The van der Waals surface area contributed by atoms with Crippen molar-refractivity contribution in [3.63, 3.8) is 0 Å². The van der Waals surface area contributed by atoms with Gasteiger partial charge in [-0.25, -0.2) is 0 Å². The Balaban J connectivity index is 1.95. The fraction of sp³-hybridized carbons (Fsp3) is 0.393. The summed E-state index contributed by atoms with van der Waals surface area (Å²) >= 11 is 0. The molecule has 0 spiro atoms. The van der Waals surface area contributed by atoms with Crippen molar-refractivity contribution in [1.82, 2.24) is 0 Å². The van der Waals surface area contributed by atoms with Crippen LogP contribution in [0.1, 0.15) is 51.0 Å². The first kappa shape index (κ1) is 31.3. The van der Waals surface area contributed by atoms with Gasteiger partial charge in [0.05, 0.1) is 16.7 Å². The van der Waals surface area contributed by atoms with Crippen molar-refractivity contribution in [2.24, 2.45) is 0 Å². The number of anilines is 2. The lowest BCUT2D eigenvalue weighted by molar-refractivity contribution is -0.137. The number of para-hydroxylation sites is 1. The maximum Gasteiger partial charge on any atom is 0.303 e. The van der Waals surface area contributed by atoms with Crippen molar-refractivity contribution >= 4 is 37.6 Å². The van der Waals surface area contributed by atoms with Crippen LogP contribution in [0.25, 0.3) is 0 Å². The molecule has 0 bridgehead atoms. The van der Waals surface area contributed by atoms with Crippen molar-refractivity contribution in [2.75, 3.05) is 22.5 Å². The fourth-order valence-electron chi connectivity index (χ4n) is 5.16. The van der Waals surface area contributed by atoms with E-state index in [0.717, 1.165) is 11.4 Å². The van der Waals surface area contributed by atoms with Gasteiger partial charge in [0.25, 0.3) is 20.2 Å². The monoisotopic (exact) mass is 592 g/mol. The van der Waals surface area contributed by atoms with E-state index >= 15 is 0 Å². The Morgan fingerprint density at radius 2 is 1.73 bits per heavy atom. The number of rotatable bonds is 15. The number of allylic oxidation sites excluding steroid dienone is 2. The van der Waals surface area contributed by atoms with Crippen LogP contribution < -0.4 is 10.2 Å². The molecule has 4 N–H and O–H groups in total. The molecular weight excluding hydrogens is 556 g/mol. The second kappa shape index (κ2) is 13.4. The summed E-state index contributed by atoms with van der Waals surface area (Å²) in [6.07, 6.45) is 9.82. The van der Waals surface area contributed by atoms with Gasteiger partial charge in [0, 0.05) is 36.0 Å². The maximum absolute atomic E-state index is 12.0. The average molecular weight is 593 g/mol. The molecule has 1 aliphatic heterocycles. The van der Waals surface area contributed by atoms with Crippen LogP contribution in [0, 0.1) is 0 Å². The molecule has 2 unspecified atom stereocenters. The lowest BCUT2D eigenvalue weighted by Gasteiger charge is -2.35. The largest absolute Gasteiger partial charge is 0.481 e. The van der Waals surface area contributed by atoms with Crippen LogP contribution in [0.2, 0.25) is 0 Å². The molecule has 218 valence electrons. The van der Waals surface area contributed by atoms with Gasteiger partial charge in [0.15, 0.2) is 0 Å². The summed E-state index contributed by atoms with van der Waals surface area (Å²) in [7, 11) is -8.68. The van der Waals surface area contributed by atoms with E-state index < -0.39 is 37.4 Å². The van der Waals surface area contributed by atoms with Gasteiger partial charge in [-0.15, -0.1) is 0 Å². The van der Waals surface area contributed by atoms with E-state index in [9.17, 15) is 30.7 Å².